The number of hydrogen-bond donors (Lipinski definition) is 0. The van der Waals surface area contributed by atoms with E-state index < -0.39 is 0 Å². The zero-order valence-electron chi connectivity index (χ0n) is 8.90. The van der Waals surface area contributed by atoms with Crippen LogP contribution in [0.3, 0.4) is 0 Å². The summed E-state index contributed by atoms with van der Waals surface area (Å²) in [4.78, 5) is 1.43. The minimum Gasteiger partial charge on any atom is -0.296 e. The third-order valence-corrected chi connectivity index (χ3v) is 6.51. The third kappa shape index (κ3) is 3.52. The molecule has 0 aliphatic rings. The molecule has 0 N–H and O–H groups in total. The van der Waals surface area contributed by atoms with E-state index in [0.29, 0.717) is 0 Å². The standard InChI is InChI=1S/C13H11S.BrH.Mg/c1-3-7-12(8-4-1)11-14-13-9-5-2-6-10-13;;/h1-9H,11H2;1H;/q;;+1/p-1. The lowest BCUT2D eigenvalue weighted by molar-refractivity contribution is 1.40. The first kappa shape index (κ1) is 12.5. The van der Waals surface area contributed by atoms with E-state index in [1.54, 1.807) is 0 Å². The van der Waals surface area contributed by atoms with Gasteiger partial charge in [-0.2, -0.15) is 0 Å². The van der Waals surface area contributed by atoms with Crippen molar-refractivity contribution in [2.24, 2.45) is 0 Å². The van der Waals surface area contributed by atoms with Gasteiger partial charge in [-0.15, -0.1) is 15.5 Å². The highest BCUT2D eigenvalue weighted by Gasteiger charge is 2.03. The van der Waals surface area contributed by atoms with E-state index in [1.165, 1.54) is 14.2 Å². The van der Waals surface area contributed by atoms with Gasteiger partial charge in [0, 0.05) is 5.75 Å². The maximum atomic E-state index is 3.66. The Balaban J connectivity index is 2.05. The molecule has 0 aromatic heterocycles. The van der Waals surface area contributed by atoms with E-state index in [0.717, 1.165) is 5.75 Å². The quantitative estimate of drug-likeness (QED) is 0.614. The molecule has 0 fully saturated rings. The van der Waals surface area contributed by atoms with Gasteiger partial charge in [0.2, 0.25) is 0 Å². The van der Waals surface area contributed by atoms with Crippen molar-refractivity contribution >= 4 is 46.5 Å². The van der Waals surface area contributed by atoms with Crippen LogP contribution in [0.1, 0.15) is 5.56 Å². The van der Waals surface area contributed by atoms with Crippen LogP contribution in [0.15, 0.2) is 59.5 Å². The average Bonchev–Trinajstić information content (AvgIpc) is 2.38. The van der Waals surface area contributed by atoms with E-state index in [1.807, 2.05) is 11.8 Å². The van der Waals surface area contributed by atoms with E-state index in [9.17, 15) is 0 Å². The lowest BCUT2D eigenvalue weighted by Gasteiger charge is -2.06. The minimum absolute atomic E-state index is 0.246. The van der Waals surface area contributed by atoms with Crippen molar-refractivity contribution in [1.82, 2.24) is 0 Å². The second kappa shape index (κ2) is 6.69. The Kier molecular flexibility index (Phi) is 5.23. The maximum Gasteiger partial charge on any atom is 0.508 e. The van der Waals surface area contributed by atoms with Crippen LogP contribution in [0.2, 0.25) is 0 Å². The number of thioether (sulfide) groups is 1. The summed E-state index contributed by atoms with van der Waals surface area (Å²) < 4.78 is 1.50. The topological polar surface area (TPSA) is 0 Å². The molecule has 0 aliphatic carbocycles. The highest BCUT2D eigenvalue weighted by molar-refractivity contribution is 9.23. The van der Waals surface area contributed by atoms with Crippen LogP contribution in [0.4, 0.5) is 0 Å². The van der Waals surface area contributed by atoms with Gasteiger partial charge >= 0.3 is 18.2 Å². The molecular weight excluding hydrogens is 292 g/mol. The lowest BCUT2D eigenvalue weighted by atomic mass is 10.2. The first-order chi connectivity index (χ1) is 7.90. The Labute approximate surface area is 116 Å². The minimum atomic E-state index is -0.246. The molecule has 0 saturated heterocycles. The van der Waals surface area contributed by atoms with Gasteiger partial charge in [-0.3, -0.25) is 12.9 Å². The van der Waals surface area contributed by atoms with Gasteiger partial charge in [-0.05, 0) is 10.5 Å². The largest absolute Gasteiger partial charge is 0.508 e. The summed E-state index contributed by atoms with van der Waals surface area (Å²) in [5.41, 5.74) is 1.39. The Hall–Kier alpha value is 0.0362. The van der Waals surface area contributed by atoms with Crippen LogP contribution >= 0.6 is 24.6 Å². The first-order valence-electron chi connectivity index (χ1n) is 5.21. The molecule has 0 spiro atoms. The zero-order valence-corrected chi connectivity index (χ0v) is 12.7. The molecular formula is C13H11BrMgS. The van der Waals surface area contributed by atoms with Crippen LogP contribution in [-0.2, 0) is 5.75 Å². The van der Waals surface area contributed by atoms with Gasteiger partial charge in [0.1, 0.15) is 0 Å². The van der Waals surface area contributed by atoms with Crippen molar-refractivity contribution in [2.75, 3.05) is 0 Å². The smallest absolute Gasteiger partial charge is 0.296 e. The van der Waals surface area contributed by atoms with Gasteiger partial charge in [-0.25, -0.2) is 0 Å². The van der Waals surface area contributed by atoms with E-state index in [-0.39, 0.29) is 18.2 Å². The number of rotatable bonds is 4. The van der Waals surface area contributed by atoms with Gasteiger partial charge < -0.3 is 0 Å². The number of hydrogen-bond acceptors (Lipinski definition) is 1. The first-order valence-corrected chi connectivity index (χ1v) is 10.8. The molecule has 2 aromatic carbocycles. The number of halogens is 1. The highest BCUT2D eigenvalue weighted by atomic mass is 79.9. The van der Waals surface area contributed by atoms with Gasteiger partial charge in [0.05, 0.1) is 0 Å². The van der Waals surface area contributed by atoms with Crippen molar-refractivity contribution in [3.05, 3.63) is 60.2 Å². The fourth-order valence-corrected chi connectivity index (χ4v) is 5.45. The Bertz CT molecular complexity index is 445. The van der Waals surface area contributed by atoms with Gasteiger partial charge in [0.25, 0.3) is 0 Å². The third-order valence-electron chi connectivity index (χ3n) is 2.35. The molecule has 2 aromatic rings. The van der Waals surface area contributed by atoms with Crippen molar-refractivity contribution in [1.29, 1.82) is 0 Å². The molecule has 0 nitrogen and oxygen atoms in total. The molecule has 3 heteroatoms. The lowest BCUT2D eigenvalue weighted by Crippen LogP contribution is -2.10. The van der Waals surface area contributed by atoms with Crippen LogP contribution in [0.25, 0.3) is 0 Å². The molecule has 0 saturated carbocycles. The molecule has 78 valence electrons. The SMILES string of the molecule is [Br][Mg][c]1ccccc1SCc1ccccc1. The fourth-order valence-electron chi connectivity index (χ4n) is 1.49. The second-order valence-corrected chi connectivity index (χ2v) is 7.24. The predicted octanol–water partition coefficient (Wildman–Crippen LogP) is 3.62. The molecule has 0 atom stereocenters. The van der Waals surface area contributed by atoms with Crippen LogP contribution in [-0.4, -0.2) is 18.2 Å². The second-order valence-electron chi connectivity index (χ2n) is 3.52. The summed E-state index contributed by atoms with van der Waals surface area (Å²) in [6.45, 7) is 0. The van der Waals surface area contributed by atoms with Crippen LogP contribution < -0.4 is 3.69 Å². The number of benzene rings is 2. The molecule has 0 unspecified atom stereocenters. The summed E-state index contributed by atoms with van der Waals surface area (Å²) >= 11 is 5.34. The summed E-state index contributed by atoms with van der Waals surface area (Å²) in [7, 11) is 0. The molecule has 0 radical (unpaired) electrons. The summed E-state index contributed by atoms with van der Waals surface area (Å²) in [6.07, 6.45) is 0. The van der Waals surface area contributed by atoms with Gasteiger partial charge in [0.15, 0.2) is 0 Å². The van der Waals surface area contributed by atoms with Crippen molar-refractivity contribution in [3.8, 4) is 0 Å². The monoisotopic (exact) mass is 302 g/mol. The molecule has 0 bridgehead atoms. The van der Waals surface area contributed by atoms with E-state index >= 15 is 0 Å². The highest BCUT2D eigenvalue weighted by Crippen LogP contribution is 2.20. The molecule has 2 rings (SSSR count). The van der Waals surface area contributed by atoms with E-state index in [4.69, 9.17) is 0 Å². The van der Waals surface area contributed by atoms with Crippen LogP contribution in [0.5, 0.6) is 0 Å². The molecule has 0 amide bonds. The summed E-state index contributed by atoms with van der Waals surface area (Å²) in [5, 5.41) is 0. The molecule has 0 aliphatic heterocycles. The summed E-state index contributed by atoms with van der Waals surface area (Å²) in [6, 6.07) is 19.3. The fraction of sp³-hybridized carbons (Fsp3) is 0.0769. The van der Waals surface area contributed by atoms with Crippen molar-refractivity contribution < 1.29 is 0 Å². The normalized spacial score (nSPS) is 9.81. The Morgan fingerprint density at radius 1 is 0.938 bits per heavy atom. The van der Waals surface area contributed by atoms with E-state index in [2.05, 4.69) is 67.5 Å². The zero-order chi connectivity index (χ0) is 11.2. The predicted molar refractivity (Wildman–Crippen MR) is 76.8 cm³/mol. The maximum absolute atomic E-state index is 3.66. The summed E-state index contributed by atoms with van der Waals surface area (Å²) in [5.74, 6) is 1.05. The molecule has 16 heavy (non-hydrogen) atoms. The average molecular weight is 304 g/mol. The van der Waals surface area contributed by atoms with Crippen molar-refractivity contribution in [3.63, 3.8) is 0 Å². The Morgan fingerprint density at radius 3 is 2.38 bits per heavy atom. The van der Waals surface area contributed by atoms with Crippen molar-refractivity contribution in [2.45, 2.75) is 10.6 Å². The van der Waals surface area contributed by atoms with Gasteiger partial charge in [-0.1, -0.05) is 54.6 Å². The van der Waals surface area contributed by atoms with Crippen LogP contribution in [0, 0.1) is 0 Å². The Morgan fingerprint density at radius 2 is 1.62 bits per heavy atom. The molecule has 0 heterocycles.